The van der Waals surface area contributed by atoms with Crippen LogP contribution >= 0.6 is 0 Å². The van der Waals surface area contributed by atoms with Gasteiger partial charge in [0.2, 0.25) is 0 Å². The molecular formula is C14H19NO3. The summed E-state index contributed by atoms with van der Waals surface area (Å²) in [6.07, 6.45) is 0. The van der Waals surface area contributed by atoms with E-state index in [9.17, 15) is 9.59 Å². The number of nitrogens with one attached hydrogen (secondary N) is 1. The van der Waals surface area contributed by atoms with Crippen molar-refractivity contribution in [3.8, 4) is 0 Å². The number of carbonyl (C=O) groups excluding carboxylic acids is 2. The zero-order valence-corrected chi connectivity index (χ0v) is 11.2. The number of aryl methyl sites for hydroxylation is 2. The molecule has 1 rings (SSSR count). The molecule has 18 heavy (non-hydrogen) atoms. The number of hydrogen-bond acceptors (Lipinski definition) is 3. The number of hydrogen-bond donors (Lipinski definition) is 1. The molecular weight excluding hydrogens is 230 g/mol. The van der Waals surface area contributed by atoms with E-state index in [1.165, 1.54) is 0 Å². The number of carbonyl (C=O) groups is 2. The number of amides is 1. The van der Waals surface area contributed by atoms with Crippen LogP contribution in [0.1, 0.15) is 35.3 Å². The molecule has 0 aliphatic carbocycles. The maximum absolute atomic E-state index is 11.7. The third-order valence-electron chi connectivity index (χ3n) is 2.53. The summed E-state index contributed by atoms with van der Waals surface area (Å²) in [5.74, 6) is -0.765. The number of benzene rings is 1. The normalized spacial score (nSPS) is 10.3. The van der Waals surface area contributed by atoms with Gasteiger partial charge in [-0.25, -0.2) is 4.79 Å². The Bertz CT molecular complexity index is 452. The summed E-state index contributed by atoms with van der Waals surface area (Å²) in [4.78, 5) is 23.0. The highest BCUT2D eigenvalue weighted by molar-refractivity contribution is 5.91. The second kappa shape index (κ2) is 6.19. The van der Waals surface area contributed by atoms with E-state index in [2.05, 4.69) is 5.32 Å². The summed E-state index contributed by atoms with van der Waals surface area (Å²) in [5, 5.41) is 2.65. The monoisotopic (exact) mass is 249 g/mol. The quantitative estimate of drug-likeness (QED) is 0.830. The van der Waals surface area contributed by atoms with Crippen molar-refractivity contribution in [2.24, 2.45) is 0 Å². The van der Waals surface area contributed by atoms with Gasteiger partial charge in [-0.2, -0.15) is 0 Å². The van der Waals surface area contributed by atoms with Gasteiger partial charge in [-0.15, -0.1) is 0 Å². The topological polar surface area (TPSA) is 55.4 Å². The molecule has 0 aromatic heterocycles. The second-order valence-electron chi connectivity index (χ2n) is 4.60. The van der Waals surface area contributed by atoms with Crippen LogP contribution in [0.15, 0.2) is 18.2 Å². The van der Waals surface area contributed by atoms with Gasteiger partial charge in [-0.1, -0.05) is 6.07 Å². The highest BCUT2D eigenvalue weighted by Crippen LogP contribution is 2.10. The van der Waals surface area contributed by atoms with Gasteiger partial charge in [0.1, 0.15) is 0 Å². The lowest BCUT2D eigenvalue weighted by Gasteiger charge is -2.09. The lowest BCUT2D eigenvalue weighted by atomic mass is 10.1. The van der Waals surface area contributed by atoms with Gasteiger partial charge in [0, 0.05) is 6.04 Å². The first kappa shape index (κ1) is 14.2. The SMILES string of the molecule is Cc1ccc(C(=O)OCC(=O)NC(C)C)cc1C. The van der Waals surface area contributed by atoms with E-state index in [1.54, 1.807) is 12.1 Å². The standard InChI is InChI=1S/C14H19NO3/c1-9(2)15-13(16)8-18-14(17)12-6-5-10(3)11(4)7-12/h5-7,9H,8H2,1-4H3,(H,15,16). The van der Waals surface area contributed by atoms with Gasteiger partial charge in [0.25, 0.3) is 5.91 Å². The highest BCUT2D eigenvalue weighted by Gasteiger charge is 2.11. The molecule has 4 heteroatoms. The minimum absolute atomic E-state index is 0.0396. The van der Waals surface area contributed by atoms with Crippen molar-refractivity contribution >= 4 is 11.9 Å². The van der Waals surface area contributed by atoms with Crippen molar-refractivity contribution in [1.29, 1.82) is 0 Å². The number of ether oxygens (including phenoxy) is 1. The molecule has 1 aromatic rings. The zero-order valence-electron chi connectivity index (χ0n) is 11.2. The van der Waals surface area contributed by atoms with Gasteiger partial charge in [-0.05, 0) is 51.0 Å². The van der Waals surface area contributed by atoms with E-state index in [0.717, 1.165) is 11.1 Å². The molecule has 1 aromatic carbocycles. The number of esters is 1. The first-order valence-electron chi connectivity index (χ1n) is 5.94. The lowest BCUT2D eigenvalue weighted by molar-refractivity contribution is -0.124. The van der Waals surface area contributed by atoms with Crippen LogP contribution in [0, 0.1) is 13.8 Å². The summed E-state index contributed by atoms with van der Waals surface area (Å²) < 4.78 is 4.93. The predicted molar refractivity (Wildman–Crippen MR) is 69.5 cm³/mol. The molecule has 0 saturated heterocycles. The van der Waals surface area contributed by atoms with Crippen molar-refractivity contribution in [2.45, 2.75) is 33.7 Å². The van der Waals surface area contributed by atoms with Crippen LogP contribution in [0.25, 0.3) is 0 Å². The third-order valence-corrected chi connectivity index (χ3v) is 2.53. The van der Waals surface area contributed by atoms with Crippen molar-refractivity contribution in [3.05, 3.63) is 34.9 Å². The van der Waals surface area contributed by atoms with Crippen LogP contribution in [0.4, 0.5) is 0 Å². The van der Waals surface area contributed by atoms with Gasteiger partial charge in [0.05, 0.1) is 5.56 Å². The van der Waals surface area contributed by atoms with Crippen LogP contribution in [-0.2, 0) is 9.53 Å². The number of rotatable bonds is 4. The van der Waals surface area contributed by atoms with E-state index < -0.39 is 5.97 Å². The summed E-state index contributed by atoms with van der Waals surface area (Å²) in [7, 11) is 0. The Balaban J connectivity index is 2.55. The second-order valence-corrected chi connectivity index (χ2v) is 4.60. The molecule has 1 N–H and O–H groups in total. The molecule has 0 bridgehead atoms. The van der Waals surface area contributed by atoms with Gasteiger partial charge in [0.15, 0.2) is 6.61 Å². The Labute approximate surface area is 107 Å². The molecule has 0 aliphatic rings. The Kier molecular flexibility index (Phi) is 4.89. The van der Waals surface area contributed by atoms with E-state index in [1.807, 2.05) is 33.8 Å². The summed E-state index contributed by atoms with van der Waals surface area (Å²) in [5.41, 5.74) is 2.61. The van der Waals surface area contributed by atoms with E-state index in [4.69, 9.17) is 4.74 Å². The molecule has 0 spiro atoms. The van der Waals surface area contributed by atoms with Gasteiger partial charge < -0.3 is 10.1 Å². The summed E-state index contributed by atoms with van der Waals surface area (Å²) >= 11 is 0. The van der Waals surface area contributed by atoms with Crippen LogP contribution in [0.2, 0.25) is 0 Å². The molecule has 0 heterocycles. The first-order chi connectivity index (χ1) is 8.40. The third kappa shape index (κ3) is 4.20. The maximum Gasteiger partial charge on any atom is 0.338 e. The minimum Gasteiger partial charge on any atom is -0.452 e. The molecule has 0 radical (unpaired) electrons. The largest absolute Gasteiger partial charge is 0.452 e. The van der Waals surface area contributed by atoms with E-state index >= 15 is 0 Å². The molecule has 0 atom stereocenters. The fourth-order valence-electron chi connectivity index (χ4n) is 1.45. The van der Waals surface area contributed by atoms with Crippen molar-refractivity contribution in [1.82, 2.24) is 5.32 Å². The maximum atomic E-state index is 11.7. The highest BCUT2D eigenvalue weighted by atomic mass is 16.5. The lowest BCUT2D eigenvalue weighted by Crippen LogP contribution is -2.33. The fraction of sp³-hybridized carbons (Fsp3) is 0.429. The first-order valence-corrected chi connectivity index (χ1v) is 5.94. The van der Waals surface area contributed by atoms with Crippen LogP contribution < -0.4 is 5.32 Å². The predicted octanol–water partition coefficient (Wildman–Crippen LogP) is 1.98. The molecule has 1 amide bonds. The molecule has 0 aliphatic heterocycles. The molecule has 0 unspecified atom stereocenters. The molecule has 0 saturated carbocycles. The minimum atomic E-state index is -0.475. The van der Waals surface area contributed by atoms with Crippen molar-refractivity contribution < 1.29 is 14.3 Å². The molecule has 0 fully saturated rings. The average Bonchev–Trinajstić information content (AvgIpc) is 2.28. The van der Waals surface area contributed by atoms with Crippen molar-refractivity contribution in [2.75, 3.05) is 6.61 Å². The van der Waals surface area contributed by atoms with Gasteiger partial charge >= 0.3 is 5.97 Å². The fourth-order valence-corrected chi connectivity index (χ4v) is 1.45. The van der Waals surface area contributed by atoms with Crippen LogP contribution in [0.5, 0.6) is 0 Å². The summed E-state index contributed by atoms with van der Waals surface area (Å²) in [6, 6.07) is 5.36. The van der Waals surface area contributed by atoms with Crippen LogP contribution in [-0.4, -0.2) is 24.5 Å². The Morgan fingerprint density at radius 3 is 2.44 bits per heavy atom. The molecule has 4 nitrogen and oxygen atoms in total. The van der Waals surface area contributed by atoms with E-state index in [0.29, 0.717) is 5.56 Å². The molecule has 98 valence electrons. The average molecular weight is 249 g/mol. The van der Waals surface area contributed by atoms with Crippen LogP contribution in [0.3, 0.4) is 0 Å². The Morgan fingerprint density at radius 1 is 1.22 bits per heavy atom. The smallest absolute Gasteiger partial charge is 0.338 e. The van der Waals surface area contributed by atoms with Gasteiger partial charge in [-0.3, -0.25) is 4.79 Å². The van der Waals surface area contributed by atoms with Crippen molar-refractivity contribution in [3.63, 3.8) is 0 Å². The Morgan fingerprint density at radius 2 is 1.89 bits per heavy atom. The summed E-state index contributed by atoms with van der Waals surface area (Å²) in [6.45, 7) is 7.36. The Hall–Kier alpha value is -1.84. The zero-order chi connectivity index (χ0) is 13.7. The van der Waals surface area contributed by atoms with E-state index in [-0.39, 0.29) is 18.6 Å².